The summed E-state index contributed by atoms with van der Waals surface area (Å²) in [6.45, 7) is 0.256. The smallest absolute Gasteiger partial charge is 0.264 e. The third kappa shape index (κ3) is 5.51. The number of pyridine rings is 1. The molecule has 0 saturated heterocycles. The molecule has 3 aromatic rings. The van der Waals surface area contributed by atoms with Crippen LogP contribution in [0.25, 0.3) is 11.1 Å². The monoisotopic (exact) mass is 448 g/mol. The molecule has 6 heteroatoms. The lowest BCUT2D eigenvalue weighted by molar-refractivity contribution is 0.0932. The fourth-order valence-corrected chi connectivity index (χ4v) is 4.40. The zero-order valence-corrected chi connectivity index (χ0v) is 18.9. The predicted octanol–water partition coefficient (Wildman–Crippen LogP) is 5.16. The first kappa shape index (κ1) is 22.8. The minimum absolute atomic E-state index is 0.0777. The molecular weight excluding hydrogens is 419 g/mol. The van der Waals surface area contributed by atoms with Crippen LogP contribution in [0.15, 0.2) is 65.6 Å². The second kappa shape index (κ2) is 10.5. The summed E-state index contributed by atoms with van der Waals surface area (Å²) in [5.74, 6) is 0.0310. The van der Waals surface area contributed by atoms with E-state index in [0.717, 1.165) is 36.8 Å². The van der Waals surface area contributed by atoms with Gasteiger partial charge in [0, 0.05) is 17.8 Å². The molecule has 2 aromatic carbocycles. The van der Waals surface area contributed by atoms with E-state index in [1.165, 1.54) is 29.5 Å². The lowest BCUT2D eigenvalue weighted by atomic mass is 9.99. The molecule has 0 bridgehead atoms. The number of carbonyl (C=O) groups excluding carboxylic acids is 1. The summed E-state index contributed by atoms with van der Waals surface area (Å²) in [7, 11) is 1.59. The molecule has 1 aliphatic carbocycles. The van der Waals surface area contributed by atoms with Crippen molar-refractivity contribution in [2.45, 2.75) is 51.1 Å². The van der Waals surface area contributed by atoms with Gasteiger partial charge in [-0.15, -0.1) is 0 Å². The number of hydrogen-bond acceptors (Lipinski definition) is 3. The van der Waals surface area contributed by atoms with E-state index in [1.807, 2.05) is 24.3 Å². The SMILES string of the molecule is COc1ccc(-c2ccn(Cc3ccc(F)cc3)c(=O)c2C(=O)NC2CCCCCC2)cc1. The standard InChI is InChI=1S/C27H29FN2O3/c1-33-23-14-10-20(11-15-23)24-16-17-30(18-19-8-12-21(28)13-9-19)27(32)25(24)26(31)29-22-6-4-2-3-5-7-22/h8-17,22H,2-7,18H2,1H3,(H,29,31). The van der Waals surface area contributed by atoms with E-state index in [1.54, 1.807) is 31.5 Å². The van der Waals surface area contributed by atoms with Crippen molar-refractivity contribution in [2.24, 2.45) is 0 Å². The van der Waals surface area contributed by atoms with E-state index in [9.17, 15) is 14.0 Å². The number of aromatic nitrogens is 1. The topological polar surface area (TPSA) is 60.3 Å². The van der Waals surface area contributed by atoms with Crippen LogP contribution in [-0.4, -0.2) is 23.6 Å². The van der Waals surface area contributed by atoms with Crippen molar-refractivity contribution in [3.63, 3.8) is 0 Å². The van der Waals surface area contributed by atoms with Crippen LogP contribution in [0, 0.1) is 5.82 Å². The van der Waals surface area contributed by atoms with Crippen LogP contribution in [0.3, 0.4) is 0 Å². The maximum absolute atomic E-state index is 13.5. The lowest BCUT2D eigenvalue weighted by Gasteiger charge is -2.18. The van der Waals surface area contributed by atoms with Gasteiger partial charge in [-0.3, -0.25) is 9.59 Å². The number of rotatable bonds is 6. The molecule has 1 saturated carbocycles. The highest BCUT2D eigenvalue weighted by Gasteiger charge is 2.22. The number of carbonyl (C=O) groups is 1. The molecule has 1 N–H and O–H groups in total. The molecule has 0 aliphatic heterocycles. The van der Waals surface area contributed by atoms with E-state index >= 15 is 0 Å². The highest BCUT2D eigenvalue weighted by molar-refractivity contribution is 6.00. The first-order valence-corrected chi connectivity index (χ1v) is 11.5. The number of benzene rings is 2. The molecule has 0 spiro atoms. The summed E-state index contributed by atoms with van der Waals surface area (Å²) in [4.78, 5) is 26.9. The van der Waals surface area contributed by atoms with Gasteiger partial charge >= 0.3 is 0 Å². The Bertz CT molecular complexity index is 1150. The second-order valence-electron chi connectivity index (χ2n) is 8.55. The van der Waals surface area contributed by atoms with E-state index in [2.05, 4.69) is 5.32 Å². The zero-order chi connectivity index (χ0) is 23.2. The molecule has 1 aromatic heterocycles. The summed E-state index contributed by atoms with van der Waals surface area (Å²) in [6, 6.07) is 15.2. The van der Waals surface area contributed by atoms with E-state index in [-0.39, 0.29) is 35.4 Å². The Morgan fingerprint density at radius 2 is 1.67 bits per heavy atom. The van der Waals surface area contributed by atoms with Gasteiger partial charge in [0.15, 0.2) is 0 Å². The Morgan fingerprint density at radius 3 is 2.30 bits per heavy atom. The van der Waals surface area contributed by atoms with Gasteiger partial charge in [0.05, 0.1) is 13.7 Å². The molecule has 0 radical (unpaired) electrons. The number of nitrogens with one attached hydrogen (secondary N) is 1. The fraction of sp³-hybridized carbons (Fsp3) is 0.333. The maximum atomic E-state index is 13.5. The van der Waals surface area contributed by atoms with Crippen LogP contribution in [0.5, 0.6) is 5.75 Å². The first-order valence-electron chi connectivity index (χ1n) is 11.5. The van der Waals surface area contributed by atoms with Crippen LogP contribution < -0.4 is 15.6 Å². The fourth-order valence-electron chi connectivity index (χ4n) is 4.40. The van der Waals surface area contributed by atoms with Gasteiger partial charge in [-0.2, -0.15) is 0 Å². The van der Waals surface area contributed by atoms with Crippen LogP contribution in [0.4, 0.5) is 4.39 Å². The van der Waals surface area contributed by atoms with E-state index in [0.29, 0.717) is 11.3 Å². The molecule has 1 heterocycles. The van der Waals surface area contributed by atoms with Gasteiger partial charge in [0.1, 0.15) is 17.1 Å². The lowest BCUT2D eigenvalue weighted by Crippen LogP contribution is -2.39. The van der Waals surface area contributed by atoms with E-state index in [4.69, 9.17) is 4.74 Å². The maximum Gasteiger partial charge on any atom is 0.264 e. The van der Waals surface area contributed by atoms with Crippen molar-refractivity contribution in [3.05, 3.63) is 88.1 Å². The Kier molecular flexibility index (Phi) is 7.23. The second-order valence-corrected chi connectivity index (χ2v) is 8.55. The van der Waals surface area contributed by atoms with Gasteiger partial charge in [-0.25, -0.2) is 4.39 Å². The first-order chi connectivity index (χ1) is 16.0. The summed E-state index contributed by atoms with van der Waals surface area (Å²) in [5, 5.41) is 3.12. The van der Waals surface area contributed by atoms with Crippen molar-refractivity contribution in [2.75, 3.05) is 7.11 Å². The third-order valence-corrected chi connectivity index (χ3v) is 6.25. The quantitative estimate of drug-likeness (QED) is 0.530. The number of methoxy groups -OCH3 is 1. The van der Waals surface area contributed by atoms with E-state index < -0.39 is 0 Å². The summed E-state index contributed by atoms with van der Waals surface area (Å²) >= 11 is 0. The van der Waals surface area contributed by atoms with Crippen LogP contribution >= 0.6 is 0 Å². The molecular formula is C27H29FN2O3. The van der Waals surface area contributed by atoms with Gasteiger partial charge in [-0.1, -0.05) is 49.9 Å². The molecule has 0 atom stereocenters. The normalized spacial score (nSPS) is 14.5. The van der Waals surface area contributed by atoms with Gasteiger partial charge < -0.3 is 14.6 Å². The van der Waals surface area contributed by atoms with Crippen LogP contribution in [0.1, 0.15) is 54.4 Å². The van der Waals surface area contributed by atoms with Crippen molar-refractivity contribution in [3.8, 4) is 16.9 Å². The van der Waals surface area contributed by atoms with Crippen LogP contribution in [0.2, 0.25) is 0 Å². The number of ether oxygens (including phenoxy) is 1. The molecule has 0 unspecified atom stereocenters. The third-order valence-electron chi connectivity index (χ3n) is 6.25. The Hall–Kier alpha value is -3.41. The molecule has 4 rings (SSSR count). The Labute approximate surface area is 193 Å². The molecule has 5 nitrogen and oxygen atoms in total. The minimum Gasteiger partial charge on any atom is -0.497 e. The average molecular weight is 449 g/mol. The summed E-state index contributed by atoms with van der Waals surface area (Å²) in [5.41, 5.74) is 1.91. The average Bonchev–Trinajstić information content (AvgIpc) is 3.10. The largest absolute Gasteiger partial charge is 0.497 e. The van der Waals surface area contributed by atoms with Crippen molar-refractivity contribution in [1.29, 1.82) is 0 Å². The van der Waals surface area contributed by atoms with Crippen molar-refractivity contribution >= 4 is 5.91 Å². The number of amides is 1. The van der Waals surface area contributed by atoms with Gasteiger partial charge in [0.25, 0.3) is 11.5 Å². The van der Waals surface area contributed by atoms with Crippen LogP contribution in [-0.2, 0) is 6.54 Å². The Balaban J connectivity index is 1.71. The van der Waals surface area contributed by atoms with Gasteiger partial charge in [-0.05, 0) is 54.3 Å². The molecule has 172 valence electrons. The summed E-state index contributed by atoms with van der Waals surface area (Å²) in [6.07, 6.45) is 8.08. The van der Waals surface area contributed by atoms with Crippen molar-refractivity contribution < 1.29 is 13.9 Å². The molecule has 1 amide bonds. The predicted molar refractivity (Wildman–Crippen MR) is 127 cm³/mol. The molecule has 33 heavy (non-hydrogen) atoms. The highest BCUT2D eigenvalue weighted by atomic mass is 19.1. The zero-order valence-electron chi connectivity index (χ0n) is 18.9. The highest BCUT2D eigenvalue weighted by Crippen LogP contribution is 2.25. The number of halogens is 1. The molecule has 1 fully saturated rings. The summed E-state index contributed by atoms with van der Waals surface area (Å²) < 4.78 is 20.0. The number of hydrogen-bond donors (Lipinski definition) is 1. The minimum atomic E-state index is -0.362. The Morgan fingerprint density at radius 1 is 1.00 bits per heavy atom. The van der Waals surface area contributed by atoms with Crippen molar-refractivity contribution in [1.82, 2.24) is 9.88 Å². The number of nitrogens with zero attached hydrogens (tertiary/aromatic N) is 1. The van der Waals surface area contributed by atoms with Gasteiger partial charge in [0.2, 0.25) is 0 Å². The molecule has 1 aliphatic rings.